The highest BCUT2D eigenvalue weighted by Gasteiger charge is 2.28. The molecule has 2 unspecified atom stereocenters. The van der Waals surface area contributed by atoms with Gasteiger partial charge in [0.2, 0.25) is 0 Å². The number of hydrogen-bond acceptors (Lipinski definition) is 2. The summed E-state index contributed by atoms with van der Waals surface area (Å²) in [6, 6.07) is 5.86. The van der Waals surface area contributed by atoms with Crippen LogP contribution in [-0.2, 0) is 0 Å². The maximum absolute atomic E-state index is 12.5. The Kier molecular flexibility index (Phi) is 4.30. The van der Waals surface area contributed by atoms with E-state index in [-0.39, 0.29) is 11.9 Å². The Morgan fingerprint density at radius 2 is 2.22 bits per heavy atom. The number of carbonyl (C=O) groups excluding carboxylic acids is 1. The van der Waals surface area contributed by atoms with Gasteiger partial charge in [-0.2, -0.15) is 0 Å². The summed E-state index contributed by atoms with van der Waals surface area (Å²) in [5.74, 6) is 0.00199. The van der Waals surface area contributed by atoms with E-state index in [1.54, 1.807) is 12.1 Å². The molecule has 1 aliphatic rings. The van der Waals surface area contributed by atoms with Crippen molar-refractivity contribution in [3.8, 4) is 0 Å². The first-order chi connectivity index (χ1) is 8.49. The zero-order valence-electron chi connectivity index (χ0n) is 10.4. The summed E-state index contributed by atoms with van der Waals surface area (Å²) in [6.45, 7) is 5.65. The molecule has 98 valence electrons. The van der Waals surface area contributed by atoms with Gasteiger partial charge in [-0.15, -0.1) is 0 Å². The molecule has 1 aromatic carbocycles. The van der Waals surface area contributed by atoms with Crippen LogP contribution in [0, 0.1) is 0 Å². The van der Waals surface area contributed by atoms with Crippen LogP contribution < -0.4 is 5.32 Å². The summed E-state index contributed by atoms with van der Waals surface area (Å²) in [6.07, 6.45) is 0. The highest BCUT2D eigenvalue weighted by Crippen LogP contribution is 2.23. The van der Waals surface area contributed by atoms with Crippen molar-refractivity contribution in [2.45, 2.75) is 25.9 Å². The van der Waals surface area contributed by atoms with Gasteiger partial charge < -0.3 is 10.2 Å². The molecule has 0 spiro atoms. The fourth-order valence-corrected chi connectivity index (χ4v) is 2.68. The average molecular weight is 332 g/mol. The summed E-state index contributed by atoms with van der Waals surface area (Å²) in [4.78, 5) is 14.4. The molecule has 5 heteroatoms. The summed E-state index contributed by atoms with van der Waals surface area (Å²) in [5.41, 5.74) is 0.562. The Labute approximate surface area is 121 Å². The monoisotopic (exact) mass is 330 g/mol. The number of hydrogen-bond donors (Lipinski definition) is 1. The minimum Gasteiger partial charge on any atom is -0.333 e. The van der Waals surface area contributed by atoms with Crippen molar-refractivity contribution in [1.82, 2.24) is 10.2 Å². The first kappa shape index (κ1) is 13.8. The maximum atomic E-state index is 12.5. The second-order valence-electron chi connectivity index (χ2n) is 4.74. The molecule has 0 saturated carbocycles. The number of nitrogens with zero attached hydrogens (tertiary/aromatic N) is 1. The lowest BCUT2D eigenvalue weighted by atomic mass is 10.1. The van der Waals surface area contributed by atoms with Crippen LogP contribution in [0.3, 0.4) is 0 Å². The van der Waals surface area contributed by atoms with E-state index in [9.17, 15) is 4.79 Å². The van der Waals surface area contributed by atoms with E-state index >= 15 is 0 Å². The lowest BCUT2D eigenvalue weighted by Gasteiger charge is -2.37. The molecule has 2 rings (SSSR count). The van der Waals surface area contributed by atoms with E-state index in [1.165, 1.54) is 0 Å². The predicted octanol–water partition coefficient (Wildman–Crippen LogP) is 2.92. The number of piperazine rings is 1. The first-order valence-corrected chi connectivity index (χ1v) is 7.15. The molecule has 2 atom stereocenters. The molecule has 0 aliphatic carbocycles. The van der Waals surface area contributed by atoms with E-state index in [4.69, 9.17) is 11.6 Å². The van der Waals surface area contributed by atoms with Gasteiger partial charge in [0.25, 0.3) is 5.91 Å². The zero-order valence-corrected chi connectivity index (χ0v) is 12.8. The zero-order chi connectivity index (χ0) is 13.3. The number of halogens is 2. The molecular formula is C13H16BrClN2O. The van der Waals surface area contributed by atoms with Crippen LogP contribution in [0.5, 0.6) is 0 Å². The van der Waals surface area contributed by atoms with Gasteiger partial charge in [-0.1, -0.05) is 27.5 Å². The lowest BCUT2D eigenvalue weighted by Crippen LogP contribution is -2.56. The molecule has 0 bridgehead atoms. The predicted molar refractivity (Wildman–Crippen MR) is 77.1 cm³/mol. The van der Waals surface area contributed by atoms with Gasteiger partial charge >= 0.3 is 0 Å². The number of carbonyl (C=O) groups is 1. The van der Waals surface area contributed by atoms with Crippen LogP contribution in [0.15, 0.2) is 22.7 Å². The van der Waals surface area contributed by atoms with Gasteiger partial charge in [-0.05, 0) is 32.0 Å². The molecular weight excluding hydrogens is 316 g/mol. The van der Waals surface area contributed by atoms with Crippen LogP contribution in [0.4, 0.5) is 0 Å². The number of amides is 1. The Balaban J connectivity index is 2.27. The molecule has 1 fully saturated rings. The number of rotatable bonds is 1. The Bertz CT molecular complexity index is 466. The van der Waals surface area contributed by atoms with Crippen molar-refractivity contribution < 1.29 is 4.79 Å². The van der Waals surface area contributed by atoms with Crippen molar-refractivity contribution in [1.29, 1.82) is 0 Å². The van der Waals surface area contributed by atoms with E-state index < -0.39 is 0 Å². The molecule has 18 heavy (non-hydrogen) atoms. The van der Waals surface area contributed by atoms with Crippen LogP contribution in [-0.4, -0.2) is 36.0 Å². The van der Waals surface area contributed by atoms with Gasteiger partial charge in [0.15, 0.2) is 0 Å². The second kappa shape index (κ2) is 5.59. The van der Waals surface area contributed by atoms with Crippen LogP contribution in [0.2, 0.25) is 5.02 Å². The topological polar surface area (TPSA) is 32.3 Å². The molecule has 1 saturated heterocycles. The Morgan fingerprint density at radius 3 is 2.94 bits per heavy atom. The van der Waals surface area contributed by atoms with Crippen LogP contribution >= 0.6 is 27.5 Å². The quantitative estimate of drug-likeness (QED) is 0.858. The van der Waals surface area contributed by atoms with Crippen molar-refractivity contribution >= 4 is 33.4 Å². The van der Waals surface area contributed by atoms with Crippen molar-refractivity contribution in [3.63, 3.8) is 0 Å². The number of benzene rings is 1. The molecule has 1 amide bonds. The largest absolute Gasteiger partial charge is 0.333 e. The van der Waals surface area contributed by atoms with Crippen molar-refractivity contribution in [2.24, 2.45) is 0 Å². The van der Waals surface area contributed by atoms with Crippen LogP contribution in [0.25, 0.3) is 0 Å². The third kappa shape index (κ3) is 2.87. The van der Waals surface area contributed by atoms with Gasteiger partial charge in [0.1, 0.15) is 0 Å². The van der Waals surface area contributed by atoms with Crippen molar-refractivity contribution in [3.05, 3.63) is 33.3 Å². The minimum absolute atomic E-state index is 0.00199. The van der Waals surface area contributed by atoms with Gasteiger partial charge in [-0.25, -0.2) is 0 Å². The summed E-state index contributed by atoms with van der Waals surface area (Å²) in [7, 11) is 0. The molecule has 1 aromatic rings. The minimum atomic E-state index is 0.00199. The van der Waals surface area contributed by atoms with E-state index in [0.29, 0.717) is 23.2 Å². The van der Waals surface area contributed by atoms with E-state index in [1.807, 2.05) is 17.9 Å². The van der Waals surface area contributed by atoms with Crippen molar-refractivity contribution in [2.75, 3.05) is 13.1 Å². The first-order valence-electron chi connectivity index (χ1n) is 5.98. The highest BCUT2D eigenvalue weighted by molar-refractivity contribution is 9.10. The standard InChI is InChI=1S/C13H16BrClN2O/c1-8-7-17(9(2)6-16-8)13(18)11-5-10(14)3-4-12(11)15/h3-5,8-9,16H,6-7H2,1-2H3. The Hall–Kier alpha value is -0.580. The fourth-order valence-electron chi connectivity index (χ4n) is 2.12. The smallest absolute Gasteiger partial charge is 0.255 e. The van der Waals surface area contributed by atoms with Gasteiger partial charge in [0, 0.05) is 29.6 Å². The van der Waals surface area contributed by atoms with Gasteiger partial charge in [-0.3, -0.25) is 4.79 Å². The van der Waals surface area contributed by atoms with E-state index in [0.717, 1.165) is 11.0 Å². The normalized spacial score (nSPS) is 24.1. The SMILES string of the molecule is CC1CN(C(=O)c2cc(Br)ccc2Cl)C(C)CN1. The molecule has 3 nitrogen and oxygen atoms in total. The Morgan fingerprint density at radius 1 is 1.50 bits per heavy atom. The fraction of sp³-hybridized carbons (Fsp3) is 0.462. The summed E-state index contributed by atoms with van der Waals surface area (Å²) in [5, 5.41) is 3.86. The average Bonchev–Trinajstić information content (AvgIpc) is 2.34. The van der Waals surface area contributed by atoms with Gasteiger partial charge in [0.05, 0.1) is 10.6 Å². The van der Waals surface area contributed by atoms with Crippen LogP contribution in [0.1, 0.15) is 24.2 Å². The molecule has 0 radical (unpaired) electrons. The third-order valence-electron chi connectivity index (χ3n) is 3.18. The maximum Gasteiger partial charge on any atom is 0.255 e. The summed E-state index contributed by atoms with van der Waals surface area (Å²) < 4.78 is 0.867. The highest BCUT2D eigenvalue weighted by atomic mass is 79.9. The lowest BCUT2D eigenvalue weighted by molar-refractivity contribution is 0.0616. The molecule has 0 aromatic heterocycles. The molecule has 1 heterocycles. The molecule has 1 N–H and O–H groups in total. The molecule has 1 aliphatic heterocycles. The summed E-state index contributed by atoms with van der Waals surface area (Å²) >= 11 is 9.48. The van der Waals surface area contributed by atoms with E-state index in [2.05, 4.69) is 28.2 Å². The third-order valence-corrected chi connectivity index (χ3v) is 4.01. The second-order valence-corrected chi connectivity index (χ2v) is 6.06. The number of nitrogens with one attached hydrogen (secondary N) is 1.